The average Bonchev–Trinajstić information content (AvgIpc) is 3.60. The third kappa shape index (κ3) is 4.18. The molecule has 168 valence electrons. The van der Waals surface area contributed by atoms with Gasteiger partial charge >= 0.3 is 0 Å². The molecule has 1 N–H and O–H groups in total. The van der Waals surface area contributed by atoms with Crippen molar-refractivity contribution in [1.82, 2.24) is 15.1 Å². The van der Waals surface area contributed by atoms with Gasteiger partial charge in [0.2, 0.25) is 11.8 Å². The van der Waals surface area contributed by atoms with Crippen molar-refractivity contribution < 1.29 is 9.59 Å². The molecule has 1 atom stereocenters. The minimum atomic E-state index is -0.387. The van der Waals surface area contributed by atoms with Crippen LogP contribution in [0.3, 0.4) is 0 Å². The van der Waals surface area contributed by atoms with Gasteiger partial charge in [0.15, 0.2) is 0 Å². The Bertz CT molecular complexity index is 1100. The SMILES string of the molecule is O=C1CCC(c2cccc(C3CCN(c4ccnn(CC5CC5)c4=O)CC3)c2Cl)C(=O)N1. The van der Waals surface area contributed by atoms with E-state index < -0.39 is 0 Å². The molecule has 3 heterocycles. The number of nitrogens with one attached hydrogen (secondary N) is 1. The molecule has 3 fully saturated rings. The molecule has 1 unspecified atom stereocenters. The molecule has 0 spiro atoms. The molecule has 1 aromatic carbocycles. The van der Waals surface area contributed by atoms with E-state index in [1.807, 2.05) is 24.3 Å². The molecule has 3 aliphatic rings. The first kappa shape index (κ1) is 21.2. The average molecular weight is 455 g/mol. The third-order valence-corrected chi connectivity index (χ3v) is 7.41. The van der Waals surface area contributed by atoms with Crippen LogP contribution in [0.25, 0.3) is 0 Å². The highest BCUT2D eigenvalue weighted by molar-refractivity contribution is 6.32. The van der Waals surface area contributed by atoms with Crippen LogP contribution < -0.4 is 15.8 Å². The zero-order valence-corrected chi connectivity index (χ0v) is 18.7. The first-order chi connectivity index (χ1) is 15.5. The van der Waals surface area contributed by atoms with Gasteiger partial charge < -0.3 is 4.90 Å². The normalized spacial score (nSPS) is 22.2. The van der Waals surface area contributed by atoms with Crippen molar-refractivity contribution in [2.45, 2.75) is 56.9 Å². The minimum absolute atomic E-state index is 0.00395. The second-order valence-corrected chi connectivity index (χ2v) is 9.54. The number of hydrogen-bond acceptors (Lipinski definition) is 5. The fourth-order valence-electron chi connectivity index (χ4n) is 4.93. The number of anilines is 1. The summed E-state index contributed by atoms with van der Waals surface area (Å²) in [4.78, 5) is 38.9. The van der Waals surface area contributed by atoms with E-state index in [0.29, 0.717) is 30.3 Å². The second kappa shape index (κ2) is 8.70. The maximum atomic E-state index is 12.9. The lowest BCUT2D eigenvalue weighted by Gasteiger charge is -2.34. The van der Waals surface area contributed by atoms with Gasteiger partial charge in [0.05, 0.1) is 5.92 Å². The maximum Gasteiger partial charge on any atom is 0.290 e. The number of hydrogen-bond donors (Lipinski definition) is 1. The lowest BCUT2D eigenvalue weighted by molar-refractivity contribution is -0.134. The summed E-state index contributed by atoms with van der Waals surface area (Å²) in [6, 6.07) is 7.70. The topological polar surface area (TPSA) is 84.3 Å². The van der Waals surface area contributed by atoms with Crippen molar-refractivity contribution >= 4 is 29.1 Å². The van der Waals surface area contributed by atoms with Crippen LogP contribution in [0, 0.1) is 5.92 Å². The molecule has 0 bridgehead atoms. The lowest BCUT2D eigenvalue weighted by atomic mass is 9.84. The molecule has 1 saturated carbocycles. The van der Waals surface area contributed by atoms with Crippen molar-refractivity contribution in [2.24, 2.45) is 5.92 Å². The number of carbonyl (C=O) groups is 2. The van der Waals surface area contributed by atoms with Crippen LogP contribution in [0.1, 0.15) is 61.5 Å². The molecule has 32 heavy (non-hydrogen) atoms. The van der Waals surface area contributed by atoms with Crippen LogP contribution in [0.4, 0.5) is 5.69 Å². The molecule has 8 heteroatoms. The Hall–Kier alpha value is -2.67. The second-order valence-electron chi connectivity index (χ2n) is 9.16. The quantitative estimate of drug-likeness (QED) is 0.701. The van der Waals surface area contributed by atoms with Crippen molar-refractivity contribution in [1.29, 1.82) is 0 Å². The van der Waals surface area contributed by atoms with Crippen molar-refractivity contribution in [3.05, 3.63) is 57.0 Å². The fraction of sp³-hybridized carbons (Fsp3) is 0.500. The fourth-order valence-corrected chi connectivity index (χ4v) is 5.34. The van der Waals surface area contributed by atoms with E-state index in [0.717, 1.165) is 42.7 Å². The molecule has 0 radical (unpaired) electrons. The Morgan fingerprint density at radius 1 is 1.00 bits per heavy atom. The number of rotatable bonds is 5. The van der Waals surface area contributed by atoms with Gasteiger partial charge in [-0.2, -0.15) is 5.10 Å². The molecule has 1 aliphatic carbocycles. The predicted octanol–water partition coefficient (Wildman–Crippen LogP) is 3.21. The minimum Gasteiger partial charge on any atom is -0.367 e. The van der Waals surface area contributed by atoms with Gasteiger partial charge in [0.1, 0.15) is 5.69 Å². The third-order valence-electron chi connectivity index (χ3n) is 6.97. The molecule has 2 amide bonds. The molecule has 2 saturated heterocycles. The van der Waals surface area contributed by atoms with Gasteiger partial charge in [-0.1, -0.05) is 29.8 Å². The smallest absolute Gasteiger partial charge is 0.290 e. The number of benzene rings is 1. The largest absolute Gasteiger partial charge is 0.367 e. The van der Waals surface area contributed by atoms with E-state index in [4.69, 9.17) is 11.6 Å². The summed E-state index contributed by atoms with van der Waals surface area (Å²) in [7, 11) is 0. The summed E-state index contributed by atoms with van der Waals surface area (Å²) in [5.74, 6) is -0.0158. The van der Waals surface area contributed by atoms with E-state index >= 15 is 0 Å². The highest BCUT2D eigenvalue weighted by Gasteiger charge is 2.32. The van der Waals surface area contributed by atoms with Crippen LogP contribution >= 0.6 is 11.6 Å². The number of nitrogens with zero attached hydrogens (tertiary/aromatic N) is 3. The first-order valence-electron chi connectivity index (χ1n) is 11.4. The van der Waals surface area contributed by atoms with E-state index in [2.05, 4.69) is 15.3 Å². The number of aromatic nitrogens is 2. The molecule has 2 aliphatic heterocycles. The van der Waals surface area contributed by atoms with Gasteiger partial charge in [-0.05, 0) is 61.1 Å². The zero-order valence-electron chi connectivity index (χ0n) is 17.9. The highest BCUT2D eigenvalue weighted by Crippen LogP contribution is 2.39. The van der Waals surface area contributed by atoms with Gasteiger partial charge in [-0.3, -0.25) is 19.7 Å². The molecule has 7 nitrogen and oxygen atoms in total. The van der Waals surface area contributed by atoms with Crippen LogP contribution in [-0.2, 0) is 16.1 Å². The van der Waals surface area contributed by atoms with Crippen LogP contribution in [-0.4, -0.2) is 34.7 Å². The number of imide groups is 1. The van der Waals surface area contributed by atoms with Crippen molar-refractivity contribution in [3.8, 4) is 0 Å². The number of carbonyl (C=O) groups excluding carboxylic acids is 2. The summed E-state index contributed by atoms with van der Waals surface area (Å²) in [5.41, 5.74) is 2.57. The molecular formula is C24H27ClN4O3. The predicted molar refractivity (Wildman–Crippen MR) is 122 cm³/mol. The standard InChI is InChI=1S/C24H27ClN4O3/c25-22-17(2-1-3-18(22)19-6-7-21(30)27-23(19)31)16-9-12-28(13-10-16)20-8-11-26-29(24(20)32)14-15-4-5-15/h1-3,8,11,15-16,19H,4-7,9-10,12-14H2,(H,27,30,31). The Labute approximate surface area is 191 Å². The van der Waals surface area contributed by atoms with Gasteiger partial charge in [-0.15, -0.1) is 0 Å². The number of piperidine rings is 2. The van der Waals surface area contributed by atoms with E-state index in [1.165, 1.54) is 12.8 Å². The zero-order chi connectivity index (χ0) is 22.2. The van der Waals surface area contributed by atoms with Gasteiger partial charge in [0, 0.05) is 37.3 Å². The summed E-state index contributed by atoms with van der Waals surface area (Å²) in [6.45, 7) is 2.25. The van der Waals surface area contributed by atoms with Gasteiger partial charge in [0.25, 0.3) is 5.56 Å². The Morgan fingerprint density at radius 2 is 1.75 bits per heavy atom. The summed E-state index contributed by atoms with van der Waals surface area (Å²) in [6.07, 6.45) is 6.67. The Morgan fingerprint density at radius 3 is 2.47 bits per heavy atom. The maximum absolute atomic E-state index is 12.9. The molecule has 1 aromatic heterocycles. The van der Waals surface area contributed by atoms with Crippen molar-refractivity contribution in [3.63, 3.8) is 0 Å². The van der Waals surface area contributed by atoms with Crippen molar-refractivity contribution in [2.75, 3.05) is 18.0 Å². The van der Waals surface area contributed by atoms with E-state index in [1.54, 1.807) is 10.9 Å². The lowest BCUT2D eigenvalue weighted by Crippen LogP contribution is -2.39. The van der Waals surface area contributed by atoms with Crippen LogP contribution in [0.5, 0.6) is 0 Å². The molecule has 2 aromatic rings. The summed E-state index contributed by atoms with van der Waals surface area (Å²) >= 11 is 6.79. The molecule has 5 rings (SSSR count). The summed E-state index contributed by atoms with van der Waals surface area (Å²) in [5, 5.41) is 7.32. The molecular weight excluding hydrogens is 428 g/mol. The van der Waals surface area contributed by atoms with E-state index in [-0.39, 0.29) is 29.2 Å². The monoisotopic (exact) mass is 454 g/mol. The summed E-state index contributed by atoms with van der Waals surface area (Å²) < 4.78 is 1.61. The number of halogens is 1. The Balaban J connectivity index is 1.30. The first-order valence-corrected chi connectivity index (χ1v) is 11.8. The Kier molecular flexibility index (Phi) is 5.76. The highest BCUT2D eigenvalue weighted by atomic mass is 35.5. The van der Waals surface area contributed by atoms with Crippen LogP contribution in [0.15, 0.2) is 35.3 Å². The van der Waals surface area contributed by atoms with E-state index in [9.17, 15) is 14.4 Å². The number of amides is 2. The van der Waals surface area contributed by atoms with Gasteiger partial charge in [-0.25, -0.2) is 4.68 Å². The van der Waals surface area contributed by atoms with Crippen LogP contribution in [0.2, 0.25) is 5.02 Å².